The van der Waals surface area contributed by atoms with Gasteiger partial charge in [-0.25, -0.2) is 4.98 Å². The van der Waals surface area contributed by atoms with Crippen LogP contribution < -0.4 is 15.4 Å². The lowest BCUT2D eigenvalue weighted by atomic mass is 9.97. The van der Waals surface area contributed by atoms with Crippen molar-refractivity contribution in [3.63, 3.8) is 0 Å². The first-order chi connectivity index (χ1) is 11.6. The van der Waals surface area contributed by atoms with Gasteiger partial charge >= 0.3 is 0 Å². The average molecular weight is 347 g/mol. The number of amides is 1. The van der Waals surface area contributed by atoms with Crippen molar-refractivity contribution < 1.29 is 9.53 Å². The van der Waals surface area contributed by atoms with Gasteiger partial charge in [-0.2, -0.15) is 0 Å². The van der Waals surface area contributed by atoms with E-state index in [1.807, 2.05) is 6.07 Å². The number of anilines is 1. The van der Waals surface area contributed by atoms with Gasteiger partial charge in [-0.15, -0.1) is 0 Å². The Morgan fingerprint density at radius 1 is 1.29 bits per heavy atom. The molecule has 3 heterocycles. The Hall–Kier alpha value is -2.34. The number of rotatable bonds is 5. The number of nitrogens with two attached hydrogens (primary N) is 1. The predicted octanol–water partition coefficient (Wildman–Crippen LogP) is 2.52. The molecule has 3 rings (SSSR count). The topological polar surface area (TPSA) is 81.3 Å². The van der Waals surface area contributed by atoms with Gasteiger partial charge in [0.1, 0.15) is 10.7 Å². The highest BCUT2D eigenvalue weighted by Gasteiger charge is 2.21. The molecule has 6 nitrogen and oxygen atoms in total. The van der Waals surface area contributed by atoms with Crippen molar-refractivity contribution in [2.75, 3.05) is 24.6 Å². The monoisotopic (exact) mass is 346 g/mol. The summed E-state index contributed by atoms with van der Waals surface area (Å²) in [6.07, 6.45) is 5.29. The highest BCUT2D eigenvalue weighted by molar-refractivity contribution is 6.31. The molecule has 0 atom stereocenters. The minimum atomic E-state index is -0.507. The summed E-state index contributed by atoms with van der Waals surface area (Å²) in [7, 11) is 0. The Morgan fingerprint density at radius 2 is 2.08 bits per heavy atom. The van der Waals surface area contributed by atoms with Crippen molar-refractivity contribution in [3.05, 3.63) is 47.4 Å². The zero-order valence-corrected chi connectivity index (χ0v) is 13.9. The number of halogens is 1. The van der Waals surface area contributed by atoms with E-state index in [1.165, 1.54) is 0 Å². The number of aromatic nitrogens is 2. The molecule has 0 spiro atoms. The summed E-state index contributed by atoms with van der Waals surface area (Å²) in [4.78, 5) is 21.6. The summed E-state index contributed by atoms with van der Waals surface area (Å²) in [6.45, 7) is 2.39. The fourth-order valence-corrected chi connectivity index (χ4v) is 2.96. The molecule has 0 saturated carbocycles. The molecule has 2 aromatic rings. The smallest absolute Gasteiger partial charge is 0.267 e. The number of carbonyl (C=O) groups excluding carboxylic acids is 1. The van der Waals surface area contributed by atoms with E-state index in [2.05, 4.69) is 14.9 Å². The lowest BCUT2D eigenvalue weighted by Gasteiger charge is -2.33. The van der Waals surface area contributed by atoms with Crippen LogP contribution in [0.1, 0.15) is 23.3 Å². The molecule has 0 bridgehead atoms. The summed E-state index contributed by atoms with van der Waals surface area (Å²) >= 11 is 6.05. The fourth-order valence-electron chi connectivity index (χ4n) is 2.78. The predicted molar refractivity (Wildman–Crippen MR) is 92.4 cm³/mol. The first-order valence-electron chi connectivity index (χ1n) is 7.87. The second-order valence-electron chi connectivity index (χ2n) is 5.80. The zero-order chi connectivity index (χ0) is 16.9. The standard InChI is InChI=1S/C17H19ClN4O2/c18-14-2-1-6-21-17(14)24-11-12-4-8-22(9-5-12)13-3-7-20-15(10-13)16(19)23/h1-3,6-7,10,12H,4-5,8-9,11H2,(H2,19,23). The van der Waals surface area contributed by atoms with E-state index in [0.29, 0.717) is 29.1 Å². The molecule has 2 aromatic heterocycles. The van der Waals surface area contributed by atoms with Crippen LogP contribution in [0.5, 0.6) is 5.88 Å². The highest BCUT2D eigenvalue weighted by atomic mass is 35.5. The Labute approximate surface area is 145 Å². The third kappa shape index (κ3) is 3.94. The molecular weight excluding hydrogens is 328 g/mol. The van der Waals surface area contributed by atoms with Crippen molar-refractivity contribution in [1.29, 1.82) is 0 Å². The van der Waals surface area contributed by atoms with Crippen molar-refractivity contribution >= 4 is 23.2 Å². The van der Waals surface area contributed by atoms with Crippen LogP contribution in [0.3, 0.4) is 0 Å². The molecule has 1 amide bonds. The maximum atomic E-state index is 11.2. The van der Waals surface area contributed by atoms with E-state index >= 15 is 0 Å². The molecule has 0 radical (unpaired) electrons. The molecular formula is C17H19ClN4O2. The Bertz CT molecular complexity index is 717. The molecule has 1 fully saturated rings. The van der Waals surface area contributed by atoms with Crippen molar-refractivity contribution in [2.24, 2.45) is 11.7 Å². The van der Waals surface area contributed by atoms with Gasteiger partial charge in [-0.3, -0.25) is 9.78 Å². The van der Waals surface area contributed by atoms with E-state index in [-0.39, 0.29) is 0 Å². The van der Waals surface area contributed by atoms with Crippen LogP contribution in [0.15, 0.2) is 36.7 Å². The Morgan fingerprint density at radius 3 is 2.79 bits per heavy atom. The summed E-state index contributed by atoms with van der Waals surface area (Å²) < 4.78 is 5.74. The van der Waals surface area contributed by atoms with E-state index in [1.54, 1.807) is 30.6 Å². The van der Waals surface area contributed by atoms with Gasteiger partial charge in [0.05, 0.1) is 6.61 Å². The summed E-state index contributed by atoms with van der Waals surface area (Å²) in [5.74, 6) is 0.436. The Balaban J connectivity index is 1.53. The minimum Gasteiger partial charge on any atom is -0.476 e. The van der Waals surface area contributed by atoms with Crippen LogP contribution in [0.25, 0.3) is 0 Å². The first kappa shape index (κ1) is 16.5. The molecule has 2 N–H and O–H groups in total. The van der Waals surface area contributed by atoms with Gasteiger partial charge in [0.15, 0.2) is 0 Å². The maximum Gasteiger partial charge on any atom is 0.267 e. The van der Waals surface area contributed by atoms with Crippen LogP contribution in [0.4, 0.5) is 5.69 Å². The van der Waals surface area contributed by atoms with Gasteiger partial charge in [0.25, 0.3) is 5.91 Å². The number of primary amides is 1. The normalized spacial score (nSPS) is 15.3. The molecule has 7 heteroatoms. The number of pyridine rings is 2. The lowest BCUT2D eigenvalue weighted by molar-refractivity contribution is 0.0995. The molecule has 0 aromatic carbocycles. The fraction of sp³-hybridized carbons (Fsp3) is 0.353. The van der Waals surface area contributed by atoms with Gasteiger partial charge < -0.3 is 15.4 Å². The van der Waals surface area contributed by atoms with Crippen molar-refractivity contribution in [3.8, 4) is 5.88 Å². The van der Waals surface area contributed by atoms with E-state index < -0.39 is 5.91 Å². The molecule has 1 saturated heterocycles. The molecule has 0 aliphatic carbocycles. The van der Waals surface area contributed by atoms with Crippen molar-refractivity contribution in [1.82, 2.24) is 9.97 Å². The van der Waals surface area contributed by atoms with Crippen LogP contribution >= 0.6 is 11.6 Å². The average Bonchev–Trinajstić information content (AvgIpc) is 2.61. The summed E-state index contributed by atoms with van der Waals surface area (Å²) in [5, 5.41) is 0.533. The van der Waals surface area contributed by atoms with E-state index in [9.17, 15) is 4.79 Å². The number of nitrogens with zero attached hydrogens (tertiary/aromatic N) is 3. The first-order valence-corrected chi connectivity index (χ1v) is 8.25. The van der Waals surface area contributed by atoms with E-state index in [0.717, 1.165) is 31.6 Å². The van der Waals surface area contributed by atoms with Crippen LogP contribution in [0, 0.1) is 5.92 Å². The minimum absolute atomic E-state index is 0.294. The van der Waals surface area contributed by atoms with Crippen LogP contribution in [-0.4, -0.2) is 35.6 Å². The lowest BCUT2D eigenvalue weighted by Crippen LogP contribution is -2.35. The van der Waals surface area contributed by atoms with Gasteiger partial charge in [-0.05, 0) is 43.0 Å². The van der Waals surface area contributed by atoms with Gasteiger partial charge in [0.2, 0.25) is 5.88 Å². The molecule has 1 aliphatic heterocycles. The molecule has 126 valence electrons. The zero-order valence-electron chi connectivity index (χ0n) is 13.2. The number of hydrogen-bond acceptors (Lipinski definition) is 5. The third-order valence-corrected chi connectivity index (χ3v) is 4.44. The summed E-state index contributed by atoms with van der Waals surface area (Å²) in [6, 6.07) is 7.19. The molecule has 24 heavy (non-hydrogen) atoms. The van der Waals surface area contributed by atoms with Gasteiger partial charge in [0, 0.05) is 31.2 Å². The second-order valence-corrected chi connectivity index (χ2v) is 6.20. The van der Waals surface area contributed by atoms with Gasteiger partial charge in [-0.1, -0.05) is 11.6 Å². The number of hydrogen-bond donors (Lipinski definition) is 1. The molecule has 0 unspecified atom stereocenters. The summed E-state index contributed by atoms with van der Waals surface area (Å²) in [5.41, 5.74) is 6.56. The van der Waals surface area contributed by atoms with Crippen LogP contribution in [0.2, 0.25) is 5.02 Å². The Kier molecular flexibility index (Phi) is 5.15. The SMILES string of the molecule is NC(=O)c1cc(N2CCC(COc3ncccc3Cl)CC2)ccn1. The van der Waals surface area contributed by atoms with E-state index in [4.69, 9.17) is 22.1 Å². The maximum absolute atomic E-state index is 11.2. The quantitative estimate of drug-likeness (QED) is 0.899. The second kappa shape index (κ2) is 7.49. The number of ether oxygens (including phenoxy) is 1. The van der Waals surface area contributed by atoms with Crippen LogP contribution in [-0.2, 0) is 0 Å². The third-order valence-electron chi connectivity index (χ3n) is 4.16. The highest BCUT2D eigenvalue weighted by Crippen LogP contribution is 2.25. The largest absolute Gasteiger partial charge is 0.476 e. The number of piperidine rings is 1. The molecule has 1 aliphatic rings. The number of carbonyl (C=O) groups is 1. The van der Waals surface area contributed by atoms with Crippen molar-refractivity contribution in [2.45, 2.75) is 12.8 Å².